The van der Waals surface area contributed by atoms with Crippen molar-refractivity contribution in [2.24, 2.45) is 0 Å². The molecular formula is C8H11N3O2. The van der Waals surface area contributed by atoms with E-state index >= 15 is 0 Å². The van der Waals surface area contributed by atoms with E-state index in [1.807, 2.05) is 0 Å². The zero-order valence-corrected chi connectivity index (χ0v) is 7.32. The number of nitrogens with one attached hydrogen (secondary N) is 1. The number of carboxylic acids is 1. The third-order valence-electron chi connectivity index (χ3n) is 2.42. The van der Waals surface area contributed by atoms with E-state index in [1.165, 1.54) is 0 Å². The molecule has 5 nitrogen and oxygen atoms in total. The van der Waals surface area contributed by atoms with Crippen LogP contribution in [0.5, 0.6) is 0 Å². The average molecular weight is 181 g/mol. The second-order valence-electron chi connectivity index (χ2n) is 3.30. The van der Waals surface area contributed by atoms with Gasteiger partial charge in [-0.2, -0.15) is 0 Å². The fraction of sp³-hybridized carbons (Fsp3) is 0.500. The molecule has 70 valence electrons. The first-order valence-corrected chi connectivity index (χ1v) is 4.12. The number of aromatic amines is 1. The lowest BCUT2D eigenvalue weighted by molar-refractivity contribution is -0.143. The quantitative estimate of drug-likeness (QED) is 0.632. The lowest BCUT2D eigenvalue weighted by atomic mass is 10.0. The SMILES string of the molecule is CN1Cc2nc[nH]c2C[C@@H]1C(=O)O. The van der Waals surface area contributed by atoms with Gasteiger partial charge >= 0.3 is 5.97 Å². The van der Waals surface area contributed by atoms with Crippen molar-refractivity contribution in [3.63, 3.8) is 0 Å². The van der Waals surface area contributed by atoms with Crippen molar-refractivity contribution in [3.05, 3.63) is 17.7 Å². The van der Waals surface area contributed by atoms with E-state index in [0.29, 0.717) is 13.0 Å². The van der Waals surface area contributed by atoms with Gasteiger partial charge in [-0.25, -0.2) is 4.98 Å². The Bertz CT molecular complexity index is 334. The van der Waals surface area contributed by atoms with Gasteiger partial charge < -0.3 is 10.1 Å². The Labute approximate surface area is 75.4 Å². The van der Waals surface area contributed by atoms with Crippen LogP contribution in [0.2, 0.25) is 0 Å². The Kier molecular flexibility index (Phi) is 1.81. The number of H-pyrrole nitrogens is 1. The minimum absolute atomic E-state index is 0.423. The molecule has 0 saturated heterocycles. The number of aliphatic carboxylic acids is 1. The number of nitrogens with zero attached hydrogens (tertiary/aromatic N) is 2. The molecule has 1 aromatic rings. The number of fused-ring (bicyclic) bond motifs is 1. The maximum atomic E-state index is 10.8. The normalized spacial score (nSPS) is 22.7. The summed E-state index contributed by atoms with van der Waals surface area (Å²) in [6.45, 7) is 0.607. The first kappa shape index (κ1) is 8.25. The molecule has 1 aliphatic rings. The molecule has 13 heavy (non-hydrogen) atoms. The van der Waals surface area contributed by atoms with Crippen LogP contribution in [-0.4, -0.2) is 39.0 Å². The Morgan fingerprint density at radius 1 is 1.85 bits per heavy atom. The smallest absolute Gasteiger partial charge is 0.321 e. The molecule has 5 heteroatoms. The molecule has 0 spiro atoms. The largest absolute Gasteiger partial charge is 0.480 e. The van der Waals surface area contributed by atoms with Gasteiger partial charge in [0.2, 0.25) is 0 Å². The standard InChI is InChI=1S/C8H11N3O2/c1-11-3-6-5(9-4-10-6)2-7(11)8(12)13/h4,7H,2-3H2,1H3,(H,9,10)(H,12,13)/t7-/m1/s1. The minimum atomic E-state index is -0.775. The van der Waals surface area contributed by atoms with Crippen LogP contribution in [0, 0.1) is 0 Å². The number of rotatable bonds is 1. The van der Waals surface area contributed by atoms with Crippen LogP contribution in [-0.2, 0) is 17.8 Å². The maximum Gasteiger partial charge on any atom is 0.321 e. The van der Waals surface area contributed by atoms with Crippen LogP contribution >= 0.6 is 0 Å². The molecule has 0 bridgehead atoms. The topological polar surface area (TPSA) is 69.2 Å². The molecule has 0 aromatic carbocycles. The molecule has 2 rings (SSSR count). The first-order chi connectivity index (χ1) is 6.18. The molecule has 0 fully saturated rings. The van der Waals surface area contributed by atoms with Crippen LogP contribution in [0.1, 0.15) is 11.4 Å². The summed E-state index contributed by atoms with van der Waals surface area (Å²) in [4.78, 5) is 19.7. The maximum absolute atomic E-state index is 10.8. The van der Waals surface area contributed by atoms with E-state index in [9.17, 15) is 4.79 Å². The van der Waals surface area contributed by atoms with Crippen molar-refractivity contribution in [2.45, 2.75) is 19.0 Å². The number of carboxylic acid groups (broad SMARTS) is 1. The van der Waals surface area contributed by atoms with Gasteiger partial charge in [0.1, 0.15) is 6.04 Å². The molecule has 0 radical (unpaired) electrons. The summed E-state index contributed by atoms with van der Waals surface area (Å²) in [5.74, 6) is -0.775. The van der Waals surface area contributed by atoms with Crippen LogP contribution in [0.3, 0.4) is 0 Å². The van der Waals surface area contributed by atoms with E-state index in [4.69, 9.17) is 5.11 Å². The van der Waals surface area contributed by atoms with Gasteiger partial charge in [-0.3, -0.25) is 9.69 Å². The third-order valence-corrected chi connectivity index (χ3v) is 2.42. The van der Waals surface area contributed by atoms with Gasteiger partial charge in [-0.05, 0) is 7.05 Å². The molecule has 1 aliphatic heterocycles. The fourth-order valence-electron chi connectivity index (χ4n) is 1.63. The van der Waals surface area contributed by atoms with Gasteiger partial charge in [-0.1, -0.05) is 0 Å². The van der Waals surface area contributed by atoms with E-state index in [2.05, 4.69) is 9.97 Å². The van der Waals surface area contributed by atoms with Gasteiger partial charge in [0, 0.05) is 18.7 Å². The first-order valence-electron chi connectivity index (χ1n) is 4.12. The van der Waals surface area contributed by atoms with Crippen LogP contribution in [0.25, 0.3) is 0 Å². The second-order valence-corrected chi connectivity index (χ2v) is 3.30. The Morgan fingerprint density at radius 3 is 3.31 bits per heavy atom. The highest BCUT2D eigenvalue weighted by Crippen LogP contribution is 2.18. The van der Waals surface area contributed by atoms with Gasteiger partial charge in [0.25, 0.3) is 0 Å². The van der Waals surface area contributed by atoms with Gasteiger partial charge in [0.15, 0.2) is 0 Å². The molecule has 0 aliphatic carbocycles. The molecule has 1 atom stereocenters. The molecular weight excluding hydrogens is 170 g/mol. The summed E-state index contributed by atoms with van der Waals surface area (Å²) in [5.41, 5.74) is 1.91. The van der Waals surface area contributed by atoms with E-state index in [0.717, 1.165) is 11.4 Å². The molecule has 2 heterocycles. The van der Waals surface area contributed by atoms with Crippen molar-refractivity contribution in [1.82, 2.24) is 14.9 Å². The summed E-state index contributed by atoms with van der Waals surface area (Å²) in [7, 11) is 1.80. The predicted octanol–water partition coefficient (Wildman–Crippen LogP) is -0.149. The molecule has 0 saturated carbocycles. The summed E-state index contributed by atoms with van der Waals surface area (Å²) in [6.07, 6.45) is 2.13. The van der Waals surface area contributed by atoms with Crippen molar-refractivity contribution < 1.29 is 9.90 Å². The van der Waals surface area contributed by atoms with Crippen LogP contribution in [0.4, 0.5) is 0 Å². The highest BCUT2D eigenvalue weighted by atomic mass is 16.4. The van der Waals surface area contributed by atoms with Gasteiger partial charge in [0.05, 0.1) is 12.0 Å². The third kappa shape index (κ3) is 1.31. The number of aromatic nitrogens is 2. The molecule has 1 aromatic heterocycles. The number of likely N-dealkylation sites (N-methyl/N-ethyl adjacent to an activating group) is 1. The Morgan fingerprint density at radius 2 is 2.62 bits per heavy atom. The van der Waals surface area contributed by atoms with Gasteiger partial charge in [-0.15, -0.1) is 0 Å². The Balaban J connectivity index is 2.27. The monoisotopic (exact) mass is 181 g/mol. The molecule has 0 amide bonds. The summed E-state index contributed by atoms with van der Waals surface area (Å²) in [5, 5.41) is 8.90. The summed E-state index contributed by atoms with van der Waals surface area (Å²) < 4.78 is 0. The Hall–Kier alpha value is -1.36. The fourth-order valence-corrected chi connectivity index (χ4v) is 1.63. The second kappa shape index (κ2) is 2.85. The van der Waals surface area contributed by atoms with Crippen LogP contribution < -0.4 is 0 Å². The van der Waals surface area contributed by atoms with Crippen molar-refractivity contribution in [1.29, 1.82) is 0 Å². The van der Waals surface area contributed by atoms with Crippen molar-refractivity contribution in [2.75, 3.05) is 7.05 Å². The number of carbonyl (C=O) groups is 1. The highest BCUT2D eigenvalue weighted by molar-refractivity contribution is 5.74. The number of imidazole rings is 1. The van der Waals surface area contributed by atoms with Crippen molar-refractivity contribution in [3.8, 4) is 0 Å². The lowest BCUT2D eigenvalue weighted by Crippen LogP contribution is -2.43. The highest BCUT2D eigenvalue weighted by Gasteiger charge is 2.29. The number of hydrogen-bond donors (Lipinski definition) is 2. The molecule has 0 unspecified atom stereocenters. The lowest BCUT2D eigenvalue weighted by Gasteiger charge is -2.28. The molecule has 2 N–H and O–H groups in total. The number of hydrogen-bond acceptors (Lipinski definition) is 3. The summed E-state index contributed by atoms with van der Waals surface area (Å²) in [6, 6.07) is -0.423. The average Bonchev–Trinajstić information content (AvgIpc) is 2.48. The zero-order chi connectivity index (χ0) is 9.42. The zero-order valence-electron chi connectivity index (χ0n) is 7.32. The summed E-state index contributed by atoms with van der Waals surface area (Å²) >= 11 is 0. The van der Waals surface area contributed by atoms with E-state index in [-0.39, 0.29) is 0 Å². The van der Waals surface area contributed by atoms with E-state index in [1.54, 1.807) is 18.3 Å². The van der Waals surface area contributed by atoms with Crippen LogP contribution in [0.15, 0.2) is 6.33 Å². The van der Waals surface area contributed by atoms with E-state index < -0.39 is 12.0 Å². The van der Waals surface area contributed by atoms with Crippen molar-refractivity contribution >= 4 is 5.97 Å². The minimum Gasteiger partial charge on any atom is -0.480 e. The predicted molar refractivity (Wildman–Crippen MR) is 45.2 cm³/mol.